The van der Waals surface area contributed by atoms with Gasteiger partial charge in [0.25, 0.3) is 0 Å². The van der Waals surface area contributed by atoms with Gasteiger partial charge in [-0.15, -0.1) is 0 Å². The Kier molecular flexibility index (Phi) is 7.32. The highest BCUT2D eigenvalue weighted by molar-refractivity contribution is 6.32. The summed E-state index contributed by atoms with van der Waals surface area (Å²) in [5.41, 5.74) is 3.62. The molecule has 1 atom stereocenters. The molecule has 0 unspecified atom stereocenters. The van der Waals surface area contributed by atoms with E-state index in [2.05, 4.69) is 36.7 Å². The highest BCUT2D eigenvalue weighted by Gasteiger charge is 2.28. The van der Waals surface area contributed by atoms with Crippen molar-refractivity contribution in [2.75, 3.05) is 30.4 Å². The third-order valence-electron chi connectivity index (χ3n) is 6.43. The third kappa shape index (κ3) is 5.50. The number of nitrogens with one attached hydrogen (secondary N) is 1. The number of halogens is 1. The maximum absolute atomic E-state index is 12.0. The molecular weight excluding hydrogens is 504 g/mol. The lowest BCUT2D eigenvalue weighted by atomic mass is 10.2. The Morgan fingerprint density at radius 1 is 1.24 bits per heavy atom. The zero-order valence-corrected chi connectivity index (χ0v) is 21.9. The summed E-state index contributed by atoms with van der Waals surface area (Å²) in [5.74, 6) is 1.81. The summed E-state index contributed by atoms with van der Waals surface area (Å²) >= 11 is 6.50. The number of anilines is 3. The van der Waals surface area contributed by atoms with Crippen molar-refractivity contribution < 1.29 is 9.53 Å². The first-order valence-electron chi connectivity index (χ1n) is 12.1. The number of fused-ring (bicyclic) bond motifs is 1. The molecular formula is C27H27ClN8O2. The van der Waals surface area contributed by atoms with E-state index < -0.39 is 0 Å². The van der Waals surface area contributed by atoms with Crippen LogP contribution >= 0.6 is 11.6 Å². The minimum absolute atomic E-state index is 0.0499. The Bertz CT molecular complexity index is 1480. The molecule has 0 aliphatic carbocycles. The van der Waals surface area contributed by atoms with Crippen molar-refractivity contribution in [3.05, 3.63) is 78.1 Å². The summed E-state index contributed by atoms with van der Waals surface area (Å²) in [6.07, 6.45) is 7.09. The molecule has 194 valence electrons. The number of likely N-dealkylation sites (N-methyl/N-ethyl adjacent to an activating group) is 1. The quantitative estimate of drug-likeness (QED) is 0.333. The number of ether oxygens (including phenoxy) is 1. The largest absolute Gasteiger partial charge is 0.486 e. The average molecular weight is 531 g/mol. The van der Waals surface area contributed by atoms with Crippen molar-refractivity contribution in [2.24, 2.45) is 0 Å². The van der Waals surface area contributed by atoms with Crippen molar-refractivity contribution in [1.82, 2.24) is 29.8 Å². The van der Waals surface area contributed by atoms with E-state index in [0.717, 1.165) is 23.6 Å². The highest BCUT2D eigenvalue weighted by atomic mass is 35.5. The first kappa shape index (κ1) is 25.3. The molecule has 0 saturated carbocycles. The van der Waals surface area contributed by atoms with Gasteiger partial charge >= 0.3 is 0 Å². The molecule has 0 spiro atoms. The standard InChI is InChI=1S/C27H27ClN8O2/c1-4-25(37)36-10-9-20(14-36)35(3)24-8-6-22-26(34-24)27(32-16-31-22)33-18-5-7-23(21(28)11-18)38-15-19-13-29-17(2)12-30-19/h4-8,11-13,16,20H,1,9-10,14-15H2,2-3H3,(H,31,32,33)/t20-/m0/s1. The fourth-order valence-electron chi connectivity index (χ4n) is 4.27. The number of pyridine rings is 1. The van der Waals surface area contributed by atoms with E-state index in [1.54, 1.807) is 29.4 Å². The number of rotatable bonds is 8. The van der Waals surface area contributed by atoms with Crippen molar-refractivity contribution in [3.63, 3.8) is 0 Å². The smallest absolute Gasteiger partial charge is 0.246 e. The van der Waals surface area contributed by atoms with Gasteiger partial charge in [0.15, 0.2) is 5.82 Å². The molecule has 4 aromatic rings. The van der Waals surface area contributed by atoms with Crippen LogP contribution in [0.2, 0.25) is 5.02 Å². The number of hydrogen-bond acceptors (Lipinski definition) is 9. The van der Waals surface area contributed by atoms with Crippen LogP contribution in [-0.4, -0.2) is 61.9 Å². The molecule has 0 radical (unpaired) electrons. The Morgan fingerprint density at radius 3 is 2.87 bits per heavy atom. The average Bonchev–Trinajstić information content (AvgIpc) is 3.43. The topological polar surface area (TPSA) is 109 Å². The summed E-state index contributed by atoms with van der Waals surface area (Å²) in [4.78, 5) is 38.1. The van der Waals surface area contributed by atoms with Crippen LogP contribution in [-0.2, 0) is 11.4 Å². The second-order valence-corrected chi connectivity index (χ2v) is 9.42. The fraction of sp³-hybridized carbons (Fsp3) is 0.259. The van der Waals surface area contributed by atoms with Crippen molar-refractivity contribution in [1.29, 1.82) is 0 Å². The van der Waals surface area contributed by atoms with Gasteiger partial charge in [0, 0.05) is 38.1 Å². The number of carbonyl (C=O) groups is 1. The monoisotopic (exact) mass is 530 g/mol. The van der Waals surface area contributed by atoms with E-state index >= 15 is 0 Å². The second kappa shape index (κ2) is 11.0. The Hall–Kier alpha value is -4.31. The van der Waals surface area contributed by atoms with Crippen LogP contribution in [0.4, 0.5) is 17.3 Å². The number of amides is 1. The van der Waals surface area contributed by atoms with Crippen LogP contribution in [0.25, 0.3) is 11.0 Å². The number of benzene rings is 1. The first-order chi connectivity index (χ1) is 18.4. The van der Waals surface area contributed by atoms with E-state index in [1.165, 1.54) is 12.4 Å². The Morgan fingerprint density at radius 2 is 2.11 bits per heavy atom. The number of aromatic nitrogens is 5. The minimum Gasteiger partial charge on any atom is -0.486 e. The van der Waals surface area contributed by atoms with Crippen molar-refractivity contribution >= 4 is 45.9 Å². The van der Waals surface area contributed by atoms with Crippen LogP contribution in [0.1, 0.15) is 17.8 Å². The van der Waals surface area contributed by atoms with Gasteiger partial charge in [0.1, 0.15) is 30.0 Å². The summed E-state index contributed by atoms with van der Waals surface area (Å²) in [5, 5.41) is 3.75. The van der Waals surface area contributed by atoms with Crippen LogP contribution in [0.15, 0.2) is 61.7 Å². The number of aryl methyl sites for hydroxylation is 1. The van der Waals surface area contributed by atoms with Crippen LogP contribution in [0, 0.1) is 6.92 Å². The molecule has 1 fully saturated rings. The molecule has 1 aliphatic heterocycles. The first-order valence-corrected chi connectivity index (χ1v) is 12.5. The number of carbonyl (C=O) groups excluding carboxylic acids is 1. The SMILES string of the molecule is C=CC(=O)N1CC[C@H](N(C)c2ccc3ncnc(Nc4ccc(OCc5cnc(C)cn5)c(Cl)c4)c3n2)C1. The zero-order chi connectivity index (χ0) is 26.6. The lowest BCUT2D eigenvalue weighted by Gasteiger charge is -2.26. The fourth-order valence-corrected chi connectivity index (χ4v) is 4.51. The highest BCUT2D eigenvalue weighted by Crippen LogP contribution is 2.31. The van der Waals surface area contributed by atoms with Gasteiger partial charge in [-0.3, -0.25) is 14.8 Å². The number of nitrogens with zero attached hydrogens (tertiary/aromatic N) is 7. The predicted octanol–water partition coefficient (Wildman–Crippen LogP) is 4.32. The molecule has 4 heterocycles. The predicted molar refractivity (Wildman–Crippen MR) is 147 cm³/mol. The lowest BCUT2D eigenvalue weighted by Crippen LogP contribution is -2.36. The van der Waals surface area contributed by atoms with E-state index in [0.29, 0.717) is 46.4 Å². The molecule has 1 amide bonds. The van der Waals surface area contributed by atoms with Crippen molar-refractivity contribution in [2.45, 2.75) is 26.0 Å². The second-order valence-electron chi connectivity index (χ2n) is 9.01. The molecule has 1 aromatic carbocycles. The zero-order valence-electron chi connectivity index (χ0n) is 21.1. The van der Waals surface area contributed by atoms with Crippen LogP contribution in [0.3, 0.4) is 0 Å². The maximum Gasteiger partial charge on any atom is 0.246 e. The molecule has 38 heavy (non-hydrogen) atoms. The van der Waals surface area contributed by atoms with Gasteiger partial charge in [0.05, 0.1) is 28.1 Å². The van der Waals surface area contributed by atoms with Crippen LogP contribution < -0.4 is 15.0 Å². The van der Waals surface area contributed by atoms with E-state index in [1.807, 2.05) is 32.2 Å². The van der Waals surface area contributed by atoms with Gasteiger partial charge in [-0.25, -0.2) is 15.0 Å². The molecule has 11 heteroatoms. The molecule has 10 nitrogen and oxygen atoms in total. The molecule has 1 N–H and O–H groups in total. The van der Waals surface area contributed by atoms with E-state index in [9.17, 15) is 4.79 Å². The normalized spacial score (nSPS) is 14.9. The number of hydrogen-bond donors (Lipinski definition) is 1. The summed E-state index contributed by atoms with van der Waals surface area (Å²) in [6.45, 7) is 7.05. The molecule has 0 bridgehead atoms. The minimum atomic E-state index is -0.0499. The molecule has 1 aliphatic rings. The van der Waals surface area contributed by atoms with Gasteiger partial charge in [-0.05, 0) is 49.8 Å². The van der Waals surface area contributed by atoms with E-state index in [4.69, 9.17) is 21.3 Å². The maximum atomic E-state index is 12.0. The number of likely N-dealkylation sites (tertiary alicyclic amines) is 1. The summed E-state index contributed by atoms with van der Waals surface area (Å²) in [7, 11) is 1.98. The summed E-state index contributed by atoms with van der Waals surface area (Å²) in [6, 6.07) is 9.42. The third-order valence-corrected chi connectivity index (χ3v) is 6.73. The molecule has 5 rings (SSSR count). The molecule has 3 aromatic heterocycles. The van der Waals surface area contributed by atoms with Crippen molar-refractivity contribution in [3.8, 4) is 5.75 Å². The van der Waals surface area contributed by atoms with Gasteiger partial charge in [-0.1, -0.05) is 18.2 Å². The van der Waals surface area contributed by atoms with Gasteiger partial charge in [0.2, 0.25) is 5.91 Å². The van der Waals surface area contributed by atoms with Crippen LogP contribution in [0.5, 0.6) is 5.75 Å². The van der Waals surface area contributed by atoms with Gasteiger partial charge < -0.3 is 19.9 Å². The summed E-state index contributed by atoms with van der Waals surface area (Å²) < 4.78 is 5.82. The Balaban J connectivity index is 1.32. The molecule has 1 saturated heterocycles. The lowest BCUT2D eigenvalue weighted by molar-refractivity contribution is -0.125. The van der Waals surface area contributed by atoms with E-state index in [-0.39, 0.29) is 18.6 Å². The van der Waals surface area contributed by atoms with Gasteiger partial charge in [-0.2, -0.15) is 0 Å². The Labute approximate surface area is 225 Å².